The summed E-state index contributed by atoms with van der Waals surface area (Å²) in [4.78, 5) is 5.80. The molecule has 4 heteroatoms. The molecule has 0 amide bonds. The van der Waals surface area contributed by atoms with Crippen molar-refractivity contribution in [3.63, 3.8) is 0 Å². The summed E-state index contributed by atoms with van der Waals surface area (Å²) in [5, 5.41) is 20.9. The van der Waals surface area contributed by atoms with Crippen LogP contribution >= 0.6 is 0 Å². The highest BCUT2D eigenvalue weighted by Gasteiger charge is 2.40. The standard InChI is InChI=1S/C17H22N2O2/c20-15-6-13-9-19(10-14(13)7-16(15)21)8-12-3-1-2-11-4-5-18-17(11)12/h1-5,13-16,18,20-21H,6-10H2/t13-,14+,15+,16-. The molecule has 4 nitrogen and oxygen atoms in total. The van der Waals surface area contributed by atoms with Gasteiger partial charge in [-0.2, -0.15) is 0 Å². The zero-order chi connectivity index (χ0) is 14.4. The Balaban J connectivity index is 1.50. The Bertz CT molecular complexity index is 621. The van der Waals surface area contributed by atoms with E-state index in [-0.39, 0.29) is 0 Å². The molecule has 4 atom stereocenters. The van der Waals surface area contributed by atoms with Gasteiger partial charge in [0.15, 0.2) is 0 Å². The molecule has 2 aliphatic rings. The molecule has 112 valence electrons. The first-order chi connectivity index (χ1) is 10.2. The van der Waals surface area contributed by atoms with Crippen LogP contribution in [0, 0.1) is 11.8 Å². The van der Waals surface area contributed by atoms with Gasteiger partial charge in [-0.05, 0) is 41.7 Å². The number of nitrogens with zero attached hydrogens (tertiary/aromatic N) is 1. The molecule has 1 aliphatic carbocycles. The van der Waals surface area contributed by atoms with Crippen molar-refractivity contribution in [2.24, 2.45) is 11.8 Å². The number of fused-ring (bicyclic) bond motifs is 2. The molecule has 21 heavy (non-hydrogen) atoms. The van der Waals surface area contributed by atoms with E-state index in [4.69, 9.17) is 0 Å². The van der Waals surface area contributed by atoms with Gasteiger partial charge in [0.1, 0.15) is 0 Å². The van der Waals surface area contributed by atoms with Crippen molar-refractivity contribution in [1.82, 2.24) is 9.88 Å². The van der Waals surface area contributed by atoms with Gasteiger partial charge in [0.2, 0.25) is 0 Å². The van der Waals surface area contributed by atoms with Crippen LogP contribution in [-0.4, -0.2) is 45.4 Å². The summed E-state index contributed by atoms with van der Waals surface area (Å²) in [5.41, 5.74) is 2.56. The quantitative estimate of drug-likeness (QED) is 0.788. The predicted molar refractivity (Wildman–Crippen MR) is 81.8 cm³/mol. The summed E-state index contributed by atoms with van der Waals surface area (Å²) in [5.74, 6) is 1.07. The maximum absolute atomic E-state index is 9.84. The summed E-state index contributed by atoms with van der Waals surface area (Å²) in [6.07, 6.45) is 2.42. The average molecular weight is 286 g/mol. The van der Waals surface area contributed by atoms with Crippen LogP contribution < -0.4 is 0 Å². The van der Waals surface area contributed by atoms with E-state index in [0.29, 0.717) is 11.8 Å². The van der Waals surface area contributed by atoms with Crippen LogP contribution in [0.5, 0.6) is 0 Å². The number of hydrogen-bond acceptors (Lipinski definition) is 3. The molecule has 0 bridgehead atoms. The number of hydrogen-bond donors (Lipinski definition) is 3. The van der Waals surface area contributed by atoms with E-state index in [9.17, 15) is 10.2 Å². The highest BCUT2D eigenvalue weighted by Crippen LogP contribution is 2.37. The van der Waals surface area contributed by atoms with Gasteiger partial charge >= 0.3 is 0 Å². The molecule has 0 unspecified atom stereocenters. The van der Waals surface area contributed by atoms with Crippen LogP contribution in [0.3, 0.4) is 0 Å². The zero-order valence-electron chi connectivity index (χ0n) is 12.1. The van der Waals surface area contributed by atoms with Gasteiger partial charge in [0.05, 0.1) is 12.2 Å². The van der Waals surface area contributed by atoms with E-state index in [1.807, 2.05) is 6.20 Å². The van der Waals surface area contributed by atoms with Crippen molar-refractivity contribution < 1.29 is 10.2 Å². The molecule has 3 N–H and O–H groups in total. The molecule has 1 aromatic heterocycles. The second kappa shape index (κ2) is 5.13. The Labute approximate surface area is 124 Å². The molecule has 2 fully saturated rings. The van der Waals surface area contributed by atoms with E-state index >= 15 is 0 Å². The van der Waals surface area contributed by atoms with E-state index in [0.717, 1.165) is 32.5 Å². The summed E-state index contributed by atoms with van der Waals surface area (Å²) >= 11 is 0. The number of benzene rings is 1. The van der Waals surface area contributed by atoms with Crippen LogP contribution in [-0.2, 0) is 6.54 Å². The third kappa shape index (κ3) is 2.37. The van der Waals surface area contributed by atoms with Crippen LogP contribution in [0.1, 0.15) is 18.4 Å². The molecule has 2 aromatic rings. The van der Waals surface area contributed by atoms with Crippen molar-refractivity contribution in [3.05, 3.63) is 36.0 Å². The van der Waals surface area contributed by atoms with Crippen molar-refractivity contribution in [2.45, 2.75) is 31.6 Å². The number of aliphatic hydroxyl groups is 2. The average Bonchev–Trinajstić information content (AvgIpc) is 3.06. The largest absolute Gasteiger partial charge is 0.390 e. The van der Waals surface area contributed by atoms with Gasteiger partial charge < -0.3 is 15.2 Å². The molecular weight excluding hydrogens is 264 g/mol. The molecule has 1 saturated carbocycles. The van der Waals surface area contributed by atoms with Crippen molar-refractivity contribution in [3.8, 4) is 0 Å². The number of H-pyrrole nitrogens is 1. The molecule has 1 saturated heterocycles. The van der Waals surface area contributed by atoms with E-state index < -0.39 is 12.2 Å². The minimum atomic E-state index is -0.530. The lowest BCUT2D eigenvalue weighted by atomic mass is 9.79. The van der Waals surface area contributed by atoms with Crippen LogP contribution in [0.2, 0.25) is 0 Å². The lowest BCUT2D eigenvalue weighted by Crippen LogP contribution is -2.38. The number of aromatic nitrogens is 1. The van der Waals surface area contributed by atoms with Crippen molar-refractivity contribution >= 4 is 10.9 Å². The van der Waals surface area contributed by atoms with Gasteiger partial charge in [-0.15, -0.1) is 0 Å². The van der Waals surface area contributed by atoms with Crippen LogP contribution in [0.15, 0.2) is 30.5 Å². The third-order valence-electron chi connectivity index (χ3n) is 5.25. The fraction of sp³-hybridized carbons (Fsp3) is 0.529. The molecule has 0 spiro atoms. The molecule has 4 rings (SSSR count). The van der Waals surface area contributed by atoms with E-state index in [1.165, 1.54) is 16.5 Å². The summed E-state index contributed by atoms with van der Waals surface area (Å²) < 4.78 is 0. The number of rotatable bonds is 2. The molecule has 2 heterocycles. The first-order valence-electron chi connectivity index (χ1n) is 7.84. The van der Waals surface area contributed by atoms with Crippen LogP contribution in [0.25, 0.3) is 10.9 Å². The smallest absolute Gasteiger partial charge is 0.0802 e. The Hall–Kier alpha value is -1.36. The minimum absolute atomic E-state index is 0.530. The van der Waals surface area contributed by atoms with Crippen molar-refractivity contribution in [2.75, 3.05) is 13.1 Å². The number of para-hydroxylation sites is 1. The lowest BCUT2D eigenvalue weighted by Gasteiger charge is -2.32. The maximum atomic E-state index is 9.84. The van der Waals surface area contributed by atoms with Gasteiger partial charge in [-0.3, -0.25) is 4.90 Å². The third-order valence-corrected chi connectivity index (χ3v) is 5.25. The normalized spacial score (nSPS) is 33.4. The first-order valence-corrected chi connectivity index (χ1v) is 7.84. The Morgan fingerprint density at radius 3 is 2.48 bits per heavy atom. The Kier molecular flexibility index (Phi) is 3.25. The monoisotopic (exact) mass is 286 g/mol. The number of nitrogens with one attached hydrogen (secondary N) is 1. The summed E-state index contributed by atoms with van der Waals surface area (Å²) in [6, 6.07) is 8.54. The number of likely N-dealkylation sites (tertiary alicyclic amines) is 1. The second-order valence-electron chi connectivity index (χ2n) is 6.68. The Morgan fingerprint density at radius 2 is 1.76 bits per heavy atom. The van der Waals surface area contributed by atoms with E-state index in [2.05, 4.69) is 34.1 Å². The fourth-order valence-corrected chi connectivity index (χ4v) is 4.16. The minimum Gasteiger partial charge on any atom is -0.390 e. The SMILES string of the molecule is O[C@@H]1C[C@H]2CN(Cc3cccc4cc[nH]c34)C[C@H]2C[C@@H]1O. The number of aliphatic hydroxyl groups excluding tert-OH is 2. The number of aromatic amines is 1. The second-order valence-corrected chi connectivity index (χ2v) is 6.68. The molecule has 0 radical (unpaired) electrons. The highest BCUT2D eigenvalue weighted by atomic mass is 16.3. The van der Waals surface area contributed by atoms with Gasteiger partial charge in [0, 0.05) is 31.3 Å². The van der Waals surface area contributed by atoms with Crippen LogP contribution in [0.4, 0.5) is 0 Å². The molecular formula is C17H22N2O2. The first kappa shape index (κ1) is 13.3. The fourth-order valence-electron chi connectivity index (χ4n) is 4.16. The van der Waals surface area contributed by atoms with Crippen molar-refractivity contribution in [1.29, 1.82) is 0 Å². The summed E-state index contributed by atoms with van der Waals surface area (Å²) in [7, 11) is 0. The van der Waals surface area contributed by atoms with E-state index in [1.54, 1.807) is 0 Å². The Morgan fingerprint density at radius 1 is 1.05 bits per heavy atom. The zero-order valence-corrected chi connectivity index (χ0v) is 12.1. The molecule has 1 aliphatic heterocycles. The maximum Gasteiger partial charge on any atom is 0.0802 e. The topological polar surface area (TPSA) is 59.5 Å². The highest BCUT2D eigenvalue weighted by molar-refractivity contribution is 5.82. The predicted octanol–water partition coefficient (Wildman–Crippen LogP) is 1.73. The summed E-state index contributed by atoms with van der Waals surface area (Å²) in [6.45, 7) is 3.01. The molecule has 1 aromatic carbocycles. The van der Waals surface area contributed by atoms with Gasteiger partial charge in [0.25, 0.3) is 0 Å². The van der Waals surface area contributed by atoms with Gasteiger partial charge in [-0.25, -0.2) is 0 Å². The lowest BCUT2D eigenvalue weighted by molar-refractivity contribution is -0.0372. The van der Waals surface area contributed by atoms with Gasteiger partial charge in [-0.1, -0.05) is 18.2 Å².